The van der Waals surface area contributed by atoms with Crippen molar-refractivity contribution in [1.82, 2.24) is 0 Å². The van der Waals surface area contributed by atoms with E-state index in [-0.39, 0.29) is 17.4 Å². The SMILES string of the molecule is CCCCC[C@H](N)c1cccc(C(F)(F)F)c1Cl.Cl. The van der Waals surface area contributed by atoms with Crippen LogP contribution in [0.3, 0.4) is 0 Å². The highest BCUT2D eigenvalue weighted by molar-refractivity contribution is 6.32. The van der Waals surface area contributed by atoms with Crippen LogP contribution >= 0.6 is 24.0 Å². The molecule has 2 N–H and O–H groups in total. The lowest BCUT2D eigenvalue weighted by atomic mass is 9.99. The maximum Gasteiger partial charge on any atom is 0.417 e. The quantitative estimate of drug-likeness (QED) is 0.727. The summed E-state index contributed by atoms with van der Waals surface area (Å²) >= 11 is 5.80. The van der Waals surface area contributed by atoms with Crippen LogP contribution in [0.2, 0.25) is 5.02 Å². The fourth-order valence-corrected chi connectivity index (χ4v) is 2.20. The van der Waals surface area contributed by atoms with E-state index in [9.17, 15) is 13.2 Å². The smallest absolute Gasteiger partial charge is 0.324 e. The second-order valence-electron chi connectivity index (χ2n) is 4.31. The van der Waals surface area contributed by atoms with Gasteiger partial charge in [0.15, 0.2) is 0 Å². The molecule has 0 heterocycles. The minimum absolute atomic E-state index is 0. The lowest BCUT2D eigenvalue weighted by Gasteiger charge is -2.17. The number of rotatable bonds is 5. The molecule has 1 aromatic rings. The van der Waals surface area contributed by atoms with E-state index in [4.69, 9.17) is 17.3 Å². The van der Waals surface area contributed by atoms with Gasteiger partial charge in [0.05, 0.1) is 10.6 Å². The fraction of sp³-hybridized carbons (Fsp3) is 0.538. The number of halogens is 5. The lowest BCUT2D eigenvalue weighted by Crippen LogP contribution is -2.14. The molecule has 0 aliphatic heterocycles. The third-order valence-corrected chi connectivity index (χ3v) is 3.27. The van der Waals surface area contributed by atoms with Crippen molar-refractivity contribution in [3.63, 3.8) is 0 Å². The molecular weight excluding hydrogens is 298 g/mol. The highest BCUT2D eigenvalue weighted by Crippen LogP contribution is 2.38. The van der Waals surface area contributed by atoms with E-state index in [1.54, 1.807) is 6.07 Å². The van der Waals surface area contributed by atoms with Gasteiger partial charge in [-0.3, -0.25) is 0 Å². The summed E-state index contributed by atoms with van der Waals surface area (Å²) in [5.41, 5.74) is 5.46. The van der Waals surface area contributed by atoms with Crippen molar-refractivity contribution in [1.29, 1.82) is 0 Å². The first-order valence-electron chi connectivity index (χ1n) is 5.99. The minimum atomic E-state index is -4.43. The lowest BCUT2D eigenvalue weighted by molar-refractivity contribution is -0.137. The van der Waals surface area contributed by atoms with Crippen molar-refractivity contribution in [2.45, 2.75) is 44.8 Å². The van der Waals surface area contributed by atoms with Gasteiger partial charge in [-0.25, -0.2) is 0 Å². The van der Waals surface area contributed by atoms with E-state index in [2.05, 4.69) is 6.92 Å². The predicted molar refractivity (Wildman–Crippen MR) is 74.8 cm³/mol. The summed E-state index contributed by atoms with van der Waals surface area (Å²) in [5, 5.41) is -0.269. The number of hydrogen-bond acceptors (Lipinski definition) is 1. The van der Waals surface area contributed by atoms with Gasteiger partial charge in [-0.15, -0.1) is 12.4 Å². The molecule has 19 heavy (non-hydrogen) atoms. The molecule has 1 atom stereocenters. The molecule has 0 fully saturated rings. The topological polar surface area (TPSA) is 26.0 Å². The van der Waals surface area contributed by atoms with Gasteiger partial charge in [-0.05, 0) is 18.1 Å². The molecule has 0 radical (unpaired) electrons. The van der Waals surface area contributed by atoms with E-state index in [1.165, 1.54) is 6.07 Å². The average molecular weight is 316 g/mol. The van der Waals surface area contributed by atoms with E-state index in [0.29, 0.717) is 12.0 Å². The van der Waals surface area contributed by atoms with E-state index < -0.39 is 17.8 Å². The van der Waals surface area contributed by atoms with Gasteiger partial charge in [0, 0.05) is 6.04 Å². The summed E-state index contributed by atoms with van der Waals surface area (Å²) < 4.78 is 38.0. The number of benzene rings is 1. The first kappa shape index (κ1) is 18.6. The Morgan fingerprint density at radius 3 is 2.42 bits per heavy atom. The minimum Gasteiger partial charge on any atom is -0.324 e. The summed E-state index contributed by atoms with van der Waals surface area (Å²) in [4.78, 5) is 0. The molecule has 0 aromatic heterocycles. The molecule has 0 aliphatic carbocycles. The second kappa shape index (κ2) is 7.98. The Kier molecular flexibility index (Phi) is 7.79. The Morgan fingerprint density at radius 1 is 1.26 bits per heavy atom. The third kappa shape index (κ3) is 5.21. The highest BCUT2D eigenvalue weighted by Gasteiger charge is 2.34. The van der Waals surface area contributed by atoms with Gasteiger partial charge in [0.2, 0.25) is 0 Å². The van der Waals surface area contributed by atoms with Crippen LogP contribution in [0.15, 0.2) is 18.2 Å². The number of nitrogens with two attached hydrogens (primary N) is 1. The van der Waals surface area contributed by atoms with Crippen LogP contribution in [-0.2, 0) is 6.18 Å². The highest BCUT2D eigenvalue weighted by atomic mass is 35.5. The van der Waals surface area contributed by atoms with Crippen molar-refractivity contribution >= 4 is 24.0 Å². The molecule has 0 saturated carbocycles. The van der Waals surface area contributed by atoms with Gasteiger partial charge >= 0.3 is 6.18 Å². The van der Waals surface area contributed by atoms with Gasteiger partial charge in [0.1, 0.15) is 0 Å². The summed E-state index contributed by atoms with van der Waals surface area (Å²) in [6, 6.07) is 3.45. The molecule has 1 rings (SSSR count). The molecule has 110 valence electrons. The number of unbranched alkanes of at least 4 members (excludes halogenated alkanes) is 2. The molecule has 0 amide bonds. The fourth-order valence-electron chi connectivity index (χ4n) is 1.82. The second-order valence-corrected chi connectivity index (χ2v) is 4.69. The molecule has 0 unspecified atom stereocenters. The standard InChI is InChI=1S/C13H17ClF3N.ClH/c1-2-3-4-8-11(18)9-6-5-7-10(12(9)14)13(15,16)17;/h5-7,11H,2-4,8,18H2,1H3;1H/t11-;/m0./s1. The maximum absolute atomic E-state index is 12.7. The van der Waals surface area contributed by atoms with Crippen LogP contribution in [0.4, 0.5) is 13.2 Å². The van der Waals surface area contributed by atoms with Crippen LogP contribution in [0, 0.1) is 0 Å². The molecule has 0 bridgehead atoms. The Labute approximate surface area is 122 Å². The van der Waals surface area contributed by atoms with Crippen molar-refractivity contribution in [3.05, 3.63) is 34.3 Å². The Bertz CT molecular complexity index is 394. The monoisotopic (exact) mass is 315 g/mol. The predicted octanol–water partition coefficient (Wildman–Crippen LogP) is 5.36. The summed E-state index contributed by atoms with van der Waals surface area (Å²) in [6.45, 7) is 2.06. The summed E-state index contributed by atoms with van der Waals surface area (Å²) in [5.74, 6) is 0. The number of alkyl halides is 3. The van der Waals surface area contributed by atoms with Gasteiger partial charge in [-0.2, -0.15) is 13.2 Å². The van der Waals surface area contributed by atoms with Crippen molar-refractivity contribution < 1.29 is 13.2 Å². The van der Waals surface area contributed by atoms with E-state index in [0.717, 1.165) is 25.3 Å². The summed E-state index contributed by atoms with van der Waals surface area (Å²) in [7, 11) is 0. The van der Waals surface area contributed by atoms with Crippen LogP contribution in [0.25, 0.3) is 0 Å². The van der Waals surface area contributed by atoms with Crippen LogP contribution in [0.5, 0.6) is 0 Å². The molecular formula is C13H18Cl2F3N. The molecule has 0 saturated heterocycles. The molecule has 0 aliphatic rings. The third-order valence-electron chi connectivity index (χ3n) is 2.85. The van der Waals surface area contributed by atoms with Gasteiger partial charge in [0.25, 0.3) is 0 Å². The zero-order valence-corrected chi connectivity index (χ0v) is 12.2. The summed E-state index contributed by atoms with van der Waals surface area (Å²) in [6.07, 6.45) is -0.831. The average Bonchev–Trinajstić information content (AvgIpc) is 2.28. The Balaban J connectivity index is 0.00000324. The van der Waals surface area contributed by atoms with Gasteiger partial charge in [-0.1, -0.05) is 49.9 Å². The Hall–Kier alpha value is -0.450. The van der Waals surface area contributed by atoms with E-state index >= 15 is 0 Å². The molecule has 1 nitrogen and oxygen atoms in total. The van der Waals surface area contributed by atoms with Gasteiger partial charge < -0.3 is 5.73 Å². The van der Waals surface area contributed by atoms with Crippen LogP contribution < -0.4 is 5.73 Å². The van der Waals surface area contributed by atoms with E-state index in [1.807, 2.05) is 0 Å². The molecule has 6 heteroatoms. The molecule has 1 aromatic carbocycles. The molecule has 0 spiro atoms. The van der Waals surface area contributed by atoms with Crippen LogP contribution in [-0.4, -0.2) is 0 Å². The van der Waals surface area contributed by atoms with Crippen molar-refractivity contribution in [3.8, 4) is 0 Å². The maximum atomic E-state index is 12.7. The van der Waals surface area contributed by atoms with Crippen LogP contribution in [0.1, 0.15) is 49.8 Å². The first-order chi connectivity index (χ1) is 8.38. The normalized spacial score (nSPS) is 12.9. The first-order valence-corrected chi connectivity index (χ1v) is 6.37. The number of hydrogen-bond donors (Lipinski definition) is 1. The largest absolute Gasteiger partial charge is 0.417 e. The zero-order chi connectivity index (χ0) is 13.8. The zero-order valence-electron chi connectivity index (χ0n) is 10.6. The van der Waals surface area contributed by atoms with Crippen molar-refractivity contribution in [2.24, 2.45) is 5.73 Å². The van der Waals surface area contributed by atoms with Crippen molar-refractivity contribution in [2.75, 3.05) is 0 Å². The Morgan fingerprint density at radius 2 is 1.89 bits per heavy atom.